The highest BCUT2D eigenvalue weighted by molar-refractivity contribution is 9.10. The Bertz CT molecular complexity index is 795. The average molecular weight is 480 g/mol. The molecule has 166 valence electrons. The summed E-state index contributed by atoms with van der Waals surface area (Å²) in [7, 11) is 3.58. The molecule has 1 aliphatic carbocycles. The minimum atomic E-state index is -1.08. The minimum Gasteiger partial charge on any atom is -0.444 e. The predicted octanol–water partition coefficient (Wildman–Crippen LogP) is 5.17. The average Bonchev–Trinajstić information content (AvgIpc) is 2.66. The van der Waals surface area contributed by atoms with Crippen molar-refractivity contribution in [1.29, 1.82) is 0 Å². The van der Waals surface area contributed by atoms with E-state index in [1.54, 1.807) is 19.0 Å². The topological polar surface area (TPSA) is 71.0 Å². The lowest BCUT2D eigenvalue weighted by atomic mass is 9.71. The standard InChI is InChI=1S/C23H34BrN3O3/c1-16-12-13-18(24)14-19(16)23(15-28,17-10-8-7-9-11-17)26-20(27(5)6)25-21(29)30-22(2,3)4/h12-15,17H,7-11H2,1-6H3,(H,25,26,29). The summed E-state index contributed by atoms with van der Waals surface area (Å²) < 4.78 is 6.30. The van der Waals surface area contributed by atoms with Crippen molar-refractivity contribution in [2.75, 3.05) is 14.1 Å². The van der Waals surface area contributed by atoms with Crippen LogP contribution in [0.4, 0.5) is 4.79 Å². The van der Waals surface area contributed by atoms with Crippen LogP contribution in [0.25, 0.3) is 0 Å². The van der Waals surface area contributed by atoms with Crippen LogP contribution in [-0.4, -0.2) is 42.9 Å². The van der Waals surface area contributed by atoms with E-state index >= 15 is 0 Å². The molecule has 7 heteroatoms. The lowest BCUT2D eigenvalue weighted by molar-refractivity contribution is -0.114. The van der Waals surface area contributed by atoms with Gasteiger partial charge in [-0.1, -0.05) is 41.3 Å². The fraction of sp³-hybridized carbons (Fsp3) is 0.609. The second-order valence-electron chi connectivity index (χ2n) is 9.19. The van der Waals surface area contributed by atoms with Crippen molar-refractivity contribution >= 4 is 34.3 Å². The van der Waals surface area contributed by atoms with Crippen molar-refractivity contribution in [2.24, 2.45) is 10.9 Å². The summed E-state index contributed by atoms with van der Waals surface area (Å²) in [5.74, 6) is 0.369. The highest BCUT2D eigenvalue weighted by atomic mass is 79.9. The second-order valence-corrected chi connectivity index (χ2v) is 10.1. The van der Waals surface area contributed by atoms with E-state index in [2.05, 4.69) is 21.2 Å². The Morgan fingerprint density at radius 2 is 1.87 bits per heavy atom. The monoisotopic (exact) mass is 479 g/mol. The van der Waals surface area contributed by atoms with Gasteiger partial charge in [0.2, 0.25) is 5.96 Å². The number of aldehydes is 1. The molecule has 1 unspecified atom stereocenters. The fourth-order valence-electron chi connectivity index (χ4n) is 3.94. The van der Waals surface area contributed by atoms with Crippen molar-refractivity contribution in [3.05, 3.63) is 33.8 Å². The number of rotatable bonds is 4. The van der Waals surface area contributed by atoms with Gasteiger partial charge in [-0.25, -0.2) is 9.79 Å². The number of carbonyl (C=O) groups excluding carboxylic acids is 2. The summed E-state index contributed by atoms with van der Waals surface area (Å²) in [4.78, 5) is 31.9. The van der Waals surface area contributed by atoms with Gasteiger partial charge < -0.3 is 14.4 Å². The molecule has 1 atom stereocenters. The van der Waals surface area contributed by atoms with Crippen LogP contribution in [0.2, 0.25) is 0 Å². The number of hydrogen-bond acceptors (Lipinski definition) is 4. The predicted molar refractivity (Wildman–Crippen MR) is 124 cm³/mol. The Morgan fingerprint density at radius 3 is 2.40 bits per heavy atom. The smallest absolute Gasteiger partial charge is 0.414 e. The summed E-state index contributed by atoms with van der Waals surface area (Å²) in [5, 5.41) is 2.75. The highest BCUT2D eigenvalue weighted by Crippen LogP contribution is 2.43. The van der Waals surface area contributed by atoms with Crippen LogP contribution >= 0.6 is 15.9 Å². The number of aliphatic imine (C=N–C) groups is 1. The van der Waals surface area contributed by atoms with Crippen molar-refractivity contribution in [1.82, 2.24) is 10.2 Å². The van der Waals surface area contributed by atoms with Crippen molar-refractivity contribution < 1.29 is 14.3 Å². The molecule has 0 heterocycles. The molecule has 0 spiro atoms. The first-order chi connectivity index (χ1) is 14.0. The summed E-state index contributed by atoms with van der Waals surface area (Å²) in [6.45, 7) is 7.42. The number of benzene rings is 1. The zero-order valence-electron chi connectivity index (χ0n) is 18.9. The van der Waals surface area contributed by atoms with Crippen molar-refractivity contribution in [3.63, 3.8) is 0 Å². The van der Waals surface area contributed by atoms with E-state index in [0.717, 1.165) is 47.6 Å². The first kappa shape index (κ1) is 24.4. The number of amides is 1. The van der Waals surface area contributed by atoms with E-state index < -0.39 is 17.2 Å². The summed E-state index contributed by atoms with van der Waals surface area (Å²) in [6, 6.07) is 5.93. The molecular formula is C23H34BrN3O3. The molecule has 1 amide bonds. The number of nitrogens with zero attached hydrogens (tertiary/aromatic N) is 2. The van der Waals surface area contributed by atoms with Crippen LogP contribution in [0, 0.1) is 12.8 Å². The van der Waals surface area contributed by atoms with Gasteiger partial charge in [-0.2, -0.15) is 0 Å². The Kier molecular flexibility index (Phi) is 8.08. The number of guanidine groups is 1. The lowest BCUT2D eigenvalue weighted by Gasteiger charge is -2.38. The van der Waals surface area contributed by atoms with E-state index in [0.29, 0.717) is 5.96 Å². The van der Waals surface area contributed by atoms with Gasteiger partial charge in [0.25, 0.3) is 0 Å². The van der Waals surface area contributed by atoms with E-state index in [-0.39, 0.29) is 5.92 Å². The van der Waals surface area contributed by atoms with E-state index in [9.17, 15) is 9.59 Å². The summed E-state index contributed by atoms with van der Waals surface area (Å²) >= 11 is 3.55. The molecular weight excluding hydrogens is 446 g/mol. The summed E-state index contributed by atoms with van der Waals surface area (Å²) in [6.07, 6.45) is 5.51. The molecule has 30 heavy (non-hydrogen) atoms. The zero-order chi connectivity index (χ0) is 22.5. The molecule has 6 nitrogen and oxygen atoms in total. The Balaban J connectivity index is 2.59. The maximum atomic E-state index is 12.8. The Labute approximate surface area is 188 Å². The Hall–Kier alpha value is -1.89. The second kappa shape index (κ2) is 9.94. The molecule has 0 radical (unpaired) electrons. The third-order valence-corrected chi connectivity index (χ3v) is 5.86. The molecule has 0 aromatic heterocycles. The minimum absolute atomic E-state index is 0.0622. The molecule has 0 bridgehead atoms. The van der Waals surface area contributed by atoms with E-state index in [1.807, 2.05) is 45.9 Å². The molecule has 1 N–H and O–H groups in total. The number of nitrogens with one attached hydrogen (secondary N) is 1. The first-order valence-electron chi connectivity index (χ1n) is 10.5. The van der Waals surface area contributed by atoms with Crippen LogP contribution < -0.4 is 5.32 Å². The van der Waals surface area contributed by atoms with Gasteiger partial charge in [0, 0.05) is 18.6 Å². The molecule has 1 aromatic rings. The molecule has 0 aliphatic heterocycles. The molecule has 2 rings (SSSR count). The number of carbonyl (C=O) groups is 2. The Morgan fingerprint density at radius 1 is 1.23 bits per heavy atom. The van der Waals surface area contributed by atoms with Gasteiger partial charge in [0.15, 0.2) is 6.29 Å². The fourth-order valence-corrected chi connectivity index (χ4v) is 4.30. The largest absolute Gasteiger partial charge is 0.444 e. The van der Waals surface area contributed by atoms with Crippen molar-refractivity contribution in [2.45, 2.75) is 70.9 Å². The quantitative estimate of drug-likeness (QED) is 0.367. The maximum absolute atomic E-state index is 12.8. The number of hydrogen-bond donors (Lipinski definition) is 1. The normalized spacial score (nSPS) is 17.8. The molecule has 1 fully saturated rings. The van der Waals surface area contributed by atoms with Gasteiger partial charge in [0.1, 0.15) is 11.1 Å². The van der Waals surface area contributed by atoms with Crippen LogP contribution in [0.1, 0.15) is 64.0 Å². The van der Waals surface area contributed by atoms with Crippen molar-refractivity contribution in [3.8, 4) is 0 Å². The van der Waals surface area contributed by atoms with E-state index in [4.69, 9.17) is 9.73 Å². The van der Waals surface area contributed by atoms with Crippen LogP contribution in [-0.2, 0) is 15.1 Å². The lowest BCUT2D eigenvalue weighted by Crippen LogP contribution is -2.47. The molecule has 0 saturated heterocycles. The SMILES string of the molecule is Cc1ccc(Br)cc1C(C=O)(N=C(NC(=O)OC(C)(C)C)N(C)C)C1CCCCC1. The van der Waals surface area contributed by atoms with Crippen LogP contribution in [0.3, 0.4) is 0 Å². The first-order valence-corrected chi connectivity index (χ1v) is 11.3. The van der Waals surface area contributed by atoms with Gasteiger partial charge in [-0.05, 0) is 69.7 Å². The molecule has 1 saturated carbocycles. The summed E-state index contributed by atoms with van der Waals surface area (Å²) in [5.41, 5.74) is 0.148. The number of halogens is 1. The molecule has 1 aromatic carbocycles. The van der Waals surface area contributed by atoms with Gasteiger partial charge >= 0.3 is 6.09 Å². The van der Waals surface area contributed by atoms with Gasteiger partial charge in [-0.15, -0.1) is 0 Å². The zero-order valence-corrected chi connectivity index (χ0v) is 20.5. The van der Waals surface area contributed by atoms with E-state index in [1.165, 1.54) is 6.42 Å². The van der Waals surface area contributed by atoms with Crippen LogP contribution in [0.15, 0.2) is 27.7 Å². The number of alkyl carbamates (subject to hydrolysis) is 1. The molecule has 1 aliphatic rings. The van der Waals surface area contributed by atoms with Gasteiger partial charge in [0.05, 0.1) is 0 Å². The number of aryl methyl sites for hydroxylation is 1. The highest BCUT2D eigenvalue weighted by Gasteiger charge is 2.43. The maximum Gasteiger partial charge on any atom is 0.414 e. The number of ether oxygens (including phenoxy) is 1. The van der Waals surface area contributed by atoms with Crippen LogP contribution in [0.5, 0.6) is 0 Å². The third-order valence-electron chi connectivity index (χ3n) is 5.37. The third kappa shape index (κ3) is 6.06. The van der Waals surface area contributed by atoms with Gasteiger partial charge in [-0.3, -0.25) is 5.32 Å².